The van der Waals surface area contributed by atoms with E-state index in [9.17, 15) is 14.4 Å². The number of hydrogen-bond acceptors (Lipinski definition) is 6. The highest BCUT2D eigenvalue weighted by molar-refractivity contribution is 6.33. The largest absolute Gasteiger partial charge is 0.419 e. The molecule has 164 valence electrons. The first-order valence-electron chi connectivity index (χ1n) is 10.3. The molecule has 1 unspecified atom stereocenters. The fourth-order valence-corrected chi connectivity index (χ4v) is 4.03. The number of imide groups is 1. The third kappa shape index (κ3) is 4.14. The van der Waals surface area contributed by atoms with Crippen molar-refractivity contribution in [1.29, 1.82) is 0 Å². The van der Waals surface area contributed by atoms with E-state index in [2.05, 4.69) is 15.5 Å². The molecule has 0 spiro atoms. The molecule has 1 N–H and O–H groups in total. The Morgan fingerprint density at radius 1 is 1.32 bits per heavy atom. The van der Waals surface area contributed by atoms with Gasteiger partial charge in [-0.05, 0) is 44.2 Å². The first-order valence-corrected chi connectivity index (χ1v) is 10.7. The maximum absolute atomic E-state index is 13.0. The van der Waals surface area contributed by atoms with E-state index < -0.39 is 11.6 Å². The molecule has 1 atom stereocenters. The van der Waals surface area contributed by atoms with Crippen LogP contribution in [-0.4, -0.2) is 56.5 Å². The fourth-order valence-electron chi connectivity index (χ4n) is 3.82. The summed E-state index contributed by atoms with van der Waals surface area (Å²) in [5, 5.41) is 11.3. The van der Waals surface area contributed by atoms with E-state index in [1.54, 1.807) is 25.1 Å². The van der Waals surface area contributed by atoms with Crippen LogP contribution in [0.15, 0.2) is 28.7 Å². The third-order valence-electron chi connectivity index (χ3n) is 5.73. The summed E-state index contributed by atoms with van der Waals surface area (Å²) < 4.78 is 5.70. The van der Waals surface area contributed by atoms with Crippen LogP contribution in [0, 0.1) is 5.92 Å². The zero-order chi connectivity index (χ0) is 22.2. The Labute approximate surface area is 184 Å². The number of hydrogen-bond donors (Lipinski definition) is 1. The lowest BCUT2D eigenvalue weighted by atomic mass is 9.96. The average Bonchev–Trinajstić information content (AvgIpc) is 3.47. The molecule has 10 heteroatoms. The Hall–Kier alpha value is -2.94. The van der Waals surface area contributed by atoms with Crippen molar-refractivity contribution in [3.05, 3.63) is 35.2 Å². The molecule has 0 bridgehead atoms. The number of benzene rings is 1. The van der Waals surface area contributed by atoms with Gasteiger partial charge in [0.2, 0.25) is 17.7 Å². The average molecular weight is 446 g/mol. The van der Waals surface area contributed by atoms with Crippen molar-refractivity contribution in [2.45, 2.75) is 45.2 Å². The summed E-state index contributed by atoms with van der Waals surface area (Å²) in [5.41, 5.74) is -0.307. The molecule has 0 radical (unpaired) electrons. The van der Waals surface area contributed by atoms with Gasteiger partial charge in [-0.25, -0.2) is 4.79 Å². The lowest BCUT2D eigenvalue weighted by Gasteiger charge is -2.24. The van der Waals surface area contributed by atoms with Crippen molar-refractivity contribution in [3.63, 3.8) is 0 Å². The Balaban J connectivity index is 1.45. The highest BCUT2D eigenvalue weighted by atomic mass is 35.5. The third-order valence-corrected chi connectivity index (χ3v) is 6.06. The topological polar surface area (TPSA) is 109 Å². The van der Waals surface area contributed by atoms with Crippen LogP contribution in [0.1, 0.15) is 39.0 Å². The minimum Gasteiger partial charge on any atom is -0.419 e. The van der Waals surface area contributed by atoms with Gasteiger partial charge in [0.15, 0.2) is 0 Å². The summed E-state index contributed by atoms with van der Waals surface area (Å²) in [4.78, 5) is 40.6. The van der Waals surface area contributed by atoms with Crippen LogP contribution in [0.2, 0.25) is 5.02 Å². The summed E-state index contributed by atoms with van der Waals surface area (Å²) in [6.07, 6.45) is 2.49. The van der Waals surface area contributed by atoms with Crippen LogP contribution in [-0.2, 0) is 16.1 Å². The molecular weight excluding hydrogens is 422 g/mol. The number of nitrogens with zero attached hydrogens (tertiary/aromatic N) is 4. The zero-order valence-corrected chi connectivity index (χ0v) is 18.2. The molecule has 1 saturated heterocycles. The maximum Gasteiger partial charge on any atom is 0.325 e. The molecule has 1 aromatic carbocycles. The van der Waals surface area contributed by atoms with Gasteiger partial charge in [-0.2, -0.15) is 0 Å². The van der Waals surface area contributed by atoms with Gasteiger partial charge in [0, 0.05) is 6.54 Å². The Morgan fingerprint density at radius 3 is 2.74 bits per heavy atom. The first kappa shape index (κ1) is 21.3. The molecule has 2 aromatic rings. The minimum atomic E-state index is -0.913. The van der Waals surface area contributed by atoms with Gasteiger partial charge in [-0.3, -0.25) is 14.5 Å². The van der Waals surface area contributed by atoms with E-state index in [-0.39, 0.29) is 42.6 Å². The van der Waals surface area contributed by atoms with E-state index in [1.165, 1.54) is 4.90 Å². The second-order valence-corrected chi connectivity index (χ2v) is 8.50. The molecule has 1 saturated carbocycles. The van der Waals surface area contributed by atoms with Crippen molar-refractivity contribution in [2.75, 3.05) is 13.1 Å². The molecule has 2 heterocycles. The Morgan fingerprint density at radius 2 is 2.06 bits per heavy atom. The molecule has 4 amide bonds. The number of rotatable bonds is 8. The van der Waals surface area contributed by atoms with Gasteiger partial charge >= 0.3 is 6.03 Å². The first-order chi connectivity index (χ1) is 14.8. The second-order valence-electron chi connectivity index (χ2n) is 8.09. The minimum absolute atomic E-state index is 0.0771. The SMILES string of the molecule is CCCN(Cc1nnc(-c2ccccc2Cl)o1)C(=O)CN1C(=O)NC(C)(C2CC2)C1=O. The van der Waals surface area contributed by atoms with E-state index in [1.807, 2.05) is 13.0 Å². The highest BCUT2D eigenvalue weighted by Gasteiger charge is 2.56. The number of carbonyl (C=O) groups is 3. The summed E-state index contributed by atoms with van der Waals surface area (Å²) >= 11 is 6.18. The Bertz CT molecular complexity index is 1020. The molecular formula is C21H24ClN5O4. The van der Waals surface area contributed by atoms with Crippen molar-refractivity contribution in [3.8, 4) is 11.5 Å². The molecule has 2 aliphatic rings. The number of carbonyl (C=O) groups excluding carboxylic acids is 3. The van der Waals surface area contributed by atoms with Gasteiger partial charge in [0.25, 0.3) is 5.91 Å². The summed E-state index contributed by atoms with van der Waals surface area (Å²) in [5.74, 6) is -0.0561. The van der Waals surface area contributed by atoms with Gasteiger partial charge in [0.1, 0.15) is 12.1 Å². The summed E-state index contributed by atoms with van der Waals surface area (Å²) in [6, 6.07) is 6.58. The molecule has 9 nitrogen and oxygen atoms in total. The predicted molar refractivity (Wildman–Crippen MR) is 112 cm³/mol. The normalized spacial score (nSPS) is 20.8. The predicted octanol–water partition coefficient (Wildman–Crippen LogP) is 2.85. The van der Waals surface area contributed by atoms with Crippen molar-refractivity contribution in [1.82, 2.24) is 25.3 Å². The second kappa shape index (κ2) is 8.30. The zero-order valence-electron chi connectivity index (χ0n) is 17.4. The molecule has 4 rings (SSSR count). The van der Waals surface area contributed by atoms with Gasteiger partial charge < -0.3 is 14.6 Å². The molecule has 1 aliphatic heterocycles. The van der Waals surface area contributed by atoms with Crippen LogP contribution >= 0.6 is 11.6 Å². The molecule has 1 aliphatic carbocycles. The number of halogens is 1. The maximum atomic E-state index is 13.0. The smallest absolute Gasteiger partial charge is 0.325 e. The number of amides is 4. The van der Waals surface area contributed by atoms with Crippen molar-refractivity contribution < 1.29 is 18.8 Å². The van der Waals surface area contributed by atoms with E-state index >= 15 is 0 Å². The summed E-state index contributed by atoms with van der Waals surface area (Å²) in [6.45, 7) is 3.84. The molecule has 2 fully saturated rings. The fraction of sp³-hybridized carbons (Fsp3) is 0.476. The highest BCUT2D eigenvalue weighted by Crippen LogP contribution is 2.42. The van der Waals surface area contributed by atoms with Gasteiger partial charge in [-0.15, -0.1) is 10.2 Å². The van der Waals surface area contributed by atoms with Crippen molar-refractivity contribution >= 4 is 29.4 Å². The van der Waals surface area contributed by atoms with Crippen LogP contribution in [0.25, 0.3) is 11.5 Å². The molecule has 1 aromatic heterocycles. The van der Waals surface area contributed by atoms with E-state index in [0.29, 0.717) is 23.6 Å². The monoisotopic (exact) mass is 445 g/mol. The lowest BCUT2D eigenvalue weighted by molar-refractivity contribution is -0.139. The van der Waals surface area contributed by atoms with Crippen LogP contribution in [0.5, 0.6) is 0 Å². The molecule has 31 heavy (non-hydrogen) atoms. The lowest BCUT2D eigenvalue weighted by Crippen LogP contribution is -2.47. The van der Waals surface area contributed by atoms with Crippen LogP contribution < -0.4 is 5.32 Å². The standard InChI is InChI=1S/C21H24ClN5O4/c1-3-10-26(11-16-24-25-18(31-16)14-6-4-5-7-15(14)22)17(28)12-27-19(29)21(2,13-8-9-13)23-20(27)30/h4-7,13H,3,8-12H2,1-2H3,(H,23,30). The van der Waals surface area contributed by atoms with Crippen LogP contribution in [0.4, 0.5) is 4.79 Å². The van der Waals surface area contributed by atoms with Gasteiger partial charge in [-0.1, -0.05) is 30.7 Å². The van der Waals surface area contributed by atoms with Crippen molar-refractivity contribution in [2.24, 2.45) is 5.92 Å². The van der Waals surface area contributed by atoms with Crippen LogP contribution in [0.3, 0.4) is 0 Å². The van der Waals surface area contributed by atoms with Gasteiger partial charge in [0.05, 0.1) is 17.1 Å². The van der Waals surface area contributed by atoms with E-state index in [4.69, 9.17) is 16.0 Å². The number of nitrogens with one attached hydrogen (secondary N) is 1. The number of urea groups is 1. The Kier molecular flexibility index (Phi) is 5.70. The van der Waals surface area contributed by atoms with E-state index in [0.717, 1.165) is 17.7 Å². The number of aromatic nitrogens is 2. The quantitative estimate of drug-likeness (QED) is 0.626. The summed E-state index contributed by atoms with van der Waals surface area (Å²) in [7, 11) is 0.